The average molecular weight is 306 g/mol. The third-order valence-electron chi connectivity index (χ3n) is 3.68. The van der Waals surface area contributed by atoms with Crippen LogP contribution >= 0.6 is 18.6 Å². The normalized spacial score (nSPS) is 17.3. The fourth-order valence-electron chi connectivity index (χ4n) is 2.50. The van der Waals surface area contributed by atoms with Crippen LogP contribution in [0.15, 0.2) is 24.3 Å². The molecule has 0 aliphatic heterocycles. The highest BCUT2D eigenvalue weighted by Gasteiger charge is 2.26. The molecule has 2 aromatic rings. The van der Waals surface area contributed by atoms with Crippen LogP contribution in [-0.2, 0) is 17.4 Å². The Labute approximate surface area is 123 Å². The van der Waals surface area contributed by atoms with Crippen LogP contribution in [0.2, 0.25) is 0 Å². The van der Waals surface area contributed by atoms with E-state index in [-0.39, 0.29) is 0 Å². The highest BCUT2D eigenvalue weighted by Crippen LogP contribution is 2.43. The Morgan fingerprint density at radius 1 is 1.25 bits per heavy atom. The molecule has 1 aliphatic carbocycles. The molecule has 0 fully saturated rings. The summed E-state index contributed by atoms with van der Waals surface area (Å²) in [7, 11) is -2.64. The molecule has 0 bridgehead atoms. The quantitative estimate of drug-likeness (QED) is 0.872. The highest BCUT2D eigenvalue weighted by atomic mass is 32.1. The number of para-hydroxylation sites is 1. The third kappa shape index (κ3) is 2.68. The monoisotopic (exact) mass is 306 g/mol. The van der Waals surface area contributed by atoms with Crippen LogP contribution in [0.5, 0.6) is 0 Å². The molecule has 0 unspecified atom stereocenters. The summed E-state index contributed by atoms with van der Waals surface area (Å²) in [5, 5.41) is 3.22. The van der Waals surface area contributed by atoms with Crippen molar-refractivity contribution < 1.29 is 4.57 Å². The lowest BCUT2D eigenvalue weighted by molar-refractivity contribution is 0.587. The smallest absolute Gasteiger partial charge is 0.223 e. The Morgan fingerprint density at radius 2 is 2.00 bits per heavy atom. The molecule has 0 saturated carbocycles. The molecule has 0 spiro atoms. The maximum atomic E-state index is 13.0. The number of anilines is 1. The van der Waals surface area contributed by atoms with Crippen molar-refractivity contribution in [2.75, 3.05) is 11.8 Å². The number of thiazole rings is 1. The van der Waals surface area contributed by atoms with Gasteiger partial charge in [0.05, 0.1) is 5.69 Å². The zero-order valence-corrected chi connectivity index (χ0v) is 13.6. The Bertz CT molecular complexity index is 657. The van der Waals surface area contributed by atoms with E-state index in [0.717, 1.165) is 28.8 Å². The third-order valence-corrected chi connectivity index (χ3v) is 7.45. The second kappa shape index (κ2) is 5.34. The van der Waals surface area contributed by atoms with Crippen LogP contribution in [0, 0.1) is 6.92 Å². The van der Waals surface area contributed by atoms with E-state index in [2.05, 4.69) is 10.1 Å². The van der Waals surface area contributed by atoms with E-state index in [0.29, 0.717) is 0 Å². The lowest BCUT2D eigenvalue weighted by Gasteiger charge is -2.15. The van der Waals surface area contributed by atoms with Crippen molar-refractivity contribution in [3.63, 3.8) is 0 Å². The number of aromatic nitrogens is 1. The molecule has 20 heavy (non-hydrogen) atoms. The van der Waals surface area contributed by atoms with Crippen LogP contribution in [0.1, 0.15) is 29.0 Å². The molecule has 1 atom stereocenters. The Hall–Kier alpha value is -1.12. The number of aryl methyl sites for hydroxylation is 3. The summed E-state index contributed by atoms with van der Waals surface area (Å²) < 4.78 is 13.8. The molecular formula is C15H19N2OPS. The molecule has 0 radical (unpaired) electrons. The number of fused-ring (bicyclic) bond motifs is 1. The van der Waals surface area contributed by atoms with Crippen LogP contribution in [-0.4, -0.2) is 11.6 Å². The van der Waals surface area contributed by atoms with Crippen molar-refractivity contribution in [3.05, 3.63) is 40.4 Å². The summed E-state index contributed by atoms with van der Waals surface area (Å²) in [4.78, 5) is 5.97. The molecule has 0 saturated heterocycles. The van der Waals surface area contributed by atoms with Crippen molar-refractivity contribution in [3.8, 4) is 0 Å². The number of hydrogen-bond donors (Lipinski definition) is 1. The topological polar surface area (TPSA) is 42.0 Å². The van der Waals surface area contributed by atoms with Crippen LogP contribution in [0.4, 0.5) is 5.69 Å². The van der Waals surface area contributed by atoms with E-state index in [1.54, 1.807) is 18.0 Å². The summed E-state index contributed by atoms with van der Waals surface area (Å²) in [6.45, 7) is 3.80. The summed E-state index contributed by atoms with van der Waals surface area (Å²) in [5.74, 6) is 0. The van der Waals surface area contributed by atoms with Gasteiger partial charge < -0.3 is 5.09 Å². The number of nitrogens with zero attached hydrogens (tertiary/aromatic N) is 1. The minimum Gasteiger partial charge on any atom is -0.331 e. The van der Waals surface area contributed by atoms with Crippen LogP contribution in [0.25, 0.3) is 0 Å². The maximum absolute atomic E-state index is 13.0. The average Bonchev–Trinajstić information content (AvgIpc) is 2.86. The van der Waals surface area contributed by atoms with E-state index < -0.39 is 7.29 Å². The minimum atomic E-state index is -2.64. The van der Waals surface area contributed by atoms with Gasteiger partial charge in [0.25, 0.3) is 0 Å². The van der Waals surface area contributed by atoms with Crippen LogP contribution < -0.4 is 9.84 Å². The fraction of sp³-hybridized carbons (Fsp3) is 0.400. The molecule has 1 heterocycles. The van der Waals surface area contributed by atoms with Gasteiger partial charge in [-0.1, -0.05) is 18.2 Å². The summed E-state index contributed by atoms with van der Waals surface area (Å²) in [6.07, 6.45) is 4.57. The van der Waals surface area contributed by atoms with Gasteiger partial charge in [-0.25, -0.2) is 4.98 Å². The summed E-state index contributed by atoms with van der Waals surface area (Å²) in [5.41, 5.74) is 3.22. The fourth-order valence-corrected chi connectivity index (χ4v) is 5.67. The molecule has 1 aliphatic rings. The molecule has 3 nitrogen and oxygen atoms in total. The molecule has 5 heteroatoms. The van der Waals surface area contributed by atoms with Gasteiger partial charge in [-0.2, -0.15) is 0 Å². The van der Waals surface area contributed by atoms with Gasteiger partial charge in [-0.15, -0.1) is 11.3 Å². The highest BCUT2D eigenvalue weighted by molar-refractivity contribution is 7.77. The minimum absolute atomic E-state index is 0.771. The Morgan fingerprint density at radius 3 is 2.75 bits per heavy atom. The molecule has 1 aromatic carbocycles. The van der Waals surface area contributed by atoms with Crippen molar-refractivity contribution in [1.82, 2.24) is 4.98 Å². The van der Waals surface area contributed by atoms with Crippen LogP contribution in [0.3, 0.4) is 0 Å². The van der Waals surface area contributed by atoms with Crippen molar-refractivity contribution in [1.29, 1.82) is 0 Å². The zero-order chi connectivity index (χ0) is 14.2. The zero-order valence-electron chi connectivity index (χ0n) is 11.8. The number of rotatable bonds is 3. The molecule has 106 valence electrons. The first kappa shape index (κ1) is 13.8. The SMILES string of the molecule is Cc1ccccc1N[P@@](C)(=O)c1nc2c(s1)CCCC2. The maximum Gasteiger partial charge on any atom is 0.223 e. The largest absolute Gasteiger partial charge is 0.331 e. The summed E-state index contributed by atoms with van der Waals surface area (Å²) in [6, 6.07) is 7.94. The van der Waals surface area contributed by atoms with Crippen molar-refractivity contribution in [2.45, 2.75) is 32.6 Å². The standard InChI is InChI=1S/C15H19N2OPS/c1-11-7-3-4-8-12(11)17-19(2,18)15-16-13-9-5-6-10-14(13)20-15/h3-4,7-8H,5-6,9-10H2,1-2H3,(H,17,18)/t19-/m0/s1. The predicted octanol–water partition coefficient (Wildman–Crippen LogP) is 3.98. The van der Waals surface area contributed by atoms with E-state index in [9.17, 15) is 4.57 Å². The van der Waals surface area contributed by atoms with Gasteiger partial charge >= 0.3 is 0 Å². The van der Waals surface area contributed by atoms with Gasteiger partial charge in [-0.3, -0.25) is 4.57 Å². The first-order valence-electron chi connectivity index (χ1n) is 6.97. The van der Waals surface area contributed by atoms with Gasteiger partial charge in [0, 0.05) is 17.2 Å². The number of hydrogen-bond acceptors (Lipinski definition) is 3. The number of benzene rings is 1. The lowest BCUT2D eigenvalue weighted by atomic mass is 10.0. The second-order valence-electron chi connectivity index (χ2n) is 5.42. The molecule has 0 amide bonds. The van der Waals surface area contributed by atoms with E-state index >= 15 is 0 Å². The van der Waals surface area contributed by atoms with Crippen molar-refractivity contribution >= 4 is 29.1 Å². The predicted molar refractivity (Wildman–Crippen MR) is 86.7 cm³/mol. The van der Waals surface area contributed by atoms with Gasteiger partial charge in [0.15, 0.2) is 4.75 Å². The lowest BCUT2D eigenvalue weighted by Crippen LogP contribution is -2.11. The van der Waals surface area contributed by atoms with Gasteiger partial charge in [0.1, 0.15) is 0 Å². The van der Waals surface area contributed by atoms with Crippen molar-refractivity contribution in [2.24, 2.45) is 0 Å². The van der Waals surface area contributed by atoms with E-state index in [1.807, 2.05) is 31.2 Å². The summed E-state index contributed by atoms with van der Waals surface area (Å²) >= 11 is 1.63. The Balaban J connectivity index is 1.90. The molecule has 1 aromatic heterocycles. The molecule has 1 N–H and O–H groups in total. The first-order valence-corrected chi connectivity index (χ1v) is 9.94. The molecule has 3 rings (SSSR count). The van der Waals surface area contributed by atoms with Gasteiger partial charge in [0.2, 0.25) is 7.29 Å². The van der Waals surface area contributed by atoms with Gasteiger partial charge in [-0.05, 0) is 44.2 Å². The first-order chi connectivity index (χ1) is 9.56. The second-order valence-corrected chi connectivity index (χ2v) is 9.31. The molecular weight excluding hydrogens is 287 g/mol. The van der Waals surface area contributed by atoms with E-state index in [4.69, 9.17) is 0 Å². The van der Waals surface area contributed by atoms with E-state index in [1.165, 1.54) is 23.4 Å². The number of nitrogens with one attached hydrogen (secondary N) is 1. The Kier molecular flexibility index (Phi) is 3.70.